The largest absolute Gasteiger partial charge is 0.352 e. The predicted octanol–water partition coefficient (Wildman–Crippen LogP) is 5.61. The van der Waals surface area contributed by atoms with Crippen molar-refractivity contribution in [3.05, 3.63) is 89.1 Å². The molecule has 2 unspecified atom stereocenters. The van der Waals surface area contributed by atoms with Gasteiger partial charge in [0.25, 0.3) is 5.91 Å². The van der Waals surface area contributed by atoms with Crippen molar-refractivity contribution in [2.24, 2.45) is 5.41 Å². The second-order valence-electron chi connectivity index (χ2n) is 11.8. The molecule has 3 atom stereocenters. The summed E-state index contributed by atoms with van der Waals surface area (Å²) in [6.07, 6.45) is 2.33. The average Bonchev–Trinajstić information content (AvgIpc) is 3.62. The molecule has 2 aromatic carbocycles. The van der Waals surface area contributed by atoms with Gasteiger partial charge in [0.05, 0.1) is 18.3 Å². The second-order valence-corrected chi connectivity index (χ2v) is 11.8. The topological polar surface area (TPSA) is 86.8 Å². The van der Waals surface area contributed by atoms with Crippen LogP contribution in [0, 0.1) is 5.41 Å². The highest BCUT2D eigenvalue weighted by Crippen LogP contribution is 2.47. The third kappa shape index (κ3) is 5.02. The van der Waals surface area contributed by atoms with Crippen molar-refractivity contribution in [1.29, 1.82) is 0 Å². The first-order chi connectivity index (χ1) is 18.8. The molecule has 2 fully saturated rings. The summed E-state index contributed by atoms with van der Waals surface area (Å²) in [5.74, 6) is 0.843. The summed E-state index contributed by atoms with van der Waals surface area (Å²) in [5, 5.41) is 5.83. The first-order valence-electron chi connectivity index (χ1n) is 13.7. The summed E-state index contributed by atoms with van der Waals surface area (Å²) in [4.78, 5) is 35.0. The fourth-order valence-corrected chi connectivity index (χ4v) is 6.04. The van der Waals surface area contributed by atoms with E-state index in [2.05, 4.69) is 65.6 Å². The minimum Gasteiger partial charge on any atom is -0.352 e. The Balaban J connectivity index is 1.12. The lowest BCUT2D eigenvalue weighted by atomic mass is 9.86. The van der Waals surface area contributed by atoms with Crippen molar-refractivity contribution in [3.63, 3.8) is 0 Å². The van der Waals surface area contributed by atoms with Gasteiger partial charge in [0.15, 0.2) is 6.23 Å². The Bertz CT molecular complexity index is 1390. The fourth-order valence-electron chi connectivity index (χ4n) is 6.04. The van der Waals surface area contributed by atoms with E-state index in [9.17, 15) is 9.59 Å². The highest BCUT2D eigenvalue weighted by Gasteiger charge is 2.50. The van der Waals surface area contributed by atoms with E-state index < -0.39 is 12.3 Å². The van der Waals surface area contributed by atoms with Gasteiger partial charge in [-0.05, 0) is 59.7 Å². The number of urea groups is 1. The van der Waals surface area contributed by atoms with Crippen LogP contribution in [0.3, 0.4) is 0 Å². The summed E-state index contributed by atoms with van der Waals surface area (Å²) in [6.45, 7) is 9.76. The van der Waals surface area contributed by atoms with Crippen molar-refractivity contribution < 1.29 is 14.3 Å². The molecule has 0 bridgehead atoms. The molecule has 1 aromatic heterocycles. The maximum atomic E-state index is 13.3. The molecule has 39 heavy (non-hydrogen) atoms. The van der Waals surface area contributed by atoms with Crippen LogP contribution in [0.25, 0.3) is 0 Å². The Hall–Kier alpha value is -3.75. The Morgan fingerprint density at radius 3 is 2.69 bits per heavy atom. The number of hydrogen-bond acceptors (Lipinski definition) is 5. The standard InChI is InChI=1S/C31H35N5O3/c1-31(2,3)25-19-39-29-27-23(28(37)36(25)29)10-7-11-24(27)33-30(38)34-26-16-21(12-14-32-26)22-13-15-35(18-22)17-20-8-5-4-6-9-20/h4-12,14,16,22,25,29H,13,15,17-19H2,1-3H3,(H2,32,33,34,38)/t22?,25-,29?/m1/s1. The smallest absolute Gasteiger partial charge is 0.324 e. The zero-order valence-corrected chi connectivity index (χ0v) is 22.7. The van der Waals surface area contributed by atoms with Gasteiger partial charge in [-0.1, -0.05) is 57.2 Å². The highest BCUT2D eigenvalue weighted by molar-refractivity contribution is 6.05. The van der Waals surface area contributed by atoms with Crippen molar-refractivity contribution in [3.8, 4) is 0 Å². The van der Waals surface area contributed by atoms with E-state index in [1.54, 1.807) is 18.3 Å². The number of nitrogens with one attached hydrogen (secondary N) is 2. The van der Waals surface area contributed by atoms with E-state index >= 15 is 0 Å². The van der Waals surface area contributed by atoms with Crippen LogP contribution in [0.4, 0.5) is 16.3 Å². The Morgan fingerprint density at radius 1 is 1.08 bits per heavy atom. The minimum atomic E-state index is -0.490. The van der Waals surface area contributed by atoms with Crippen LogP contribution in [0.15, 0.2) is 66.9 Å². The molecular formula is C31H35N5O3. The number of carbonyl (C=O) groups is 2. The molecule has 0 radical (unpaired) electrons. The molecule has 2 N–H and O–H groups in total. The van der Waals surface area contributed by atoms with E-state index in [0.717, 1.165) is 31.6 Å². The quantitative estimate of drug-likeness (QED) is 0.452. The summed E-state index contributed by atoms with van der Waals surface area (Å²) in [5.41, 5.74) is 4.24. The van der Waals surface area contributed by atoms with Crippen LogP contribution in [0.1, 0.15) is 66.4 Å². The van der Waals surface area contributed by atoms with Crippen LogP contribution in [0.2, 0.25) is 0 Å². The lowest BCUT2D eigenvalue weighted by Gasteiger charge is -2.32. The number of pyridine rings is 1. The molecule has 0 spiro atoms. The number of rotatable bonds is 5. The van der Waals surface area contributed by atoms with Gasteiger partial charge in [-0.25, -0.2) is 9.78 Å². The van der Waals surface area contributed by atoms with Gasteiger partial charge in [-0.15, -0.1) is 0 Å². The maximum absolute atomic E-state index is 13.3. The number of nitrogens with zero attached hydrogens (tertiary/aromatic N) is 3. The molecule has 3 aromatic rings. The summed E-state index contributed by atoms with van der Waals surface area (Å²) in [6, 6.07) is 19.5. The number of benzene rings is 2. The van der Waals surface area contributed by atoms with Gasteiger partial charge in [0.2, 0.25) is 0 Å². The van der Waals surface area contributed by atoms with E-state index in [-0.39, 0.29) is 17.4 Å². The lowest BCUT2D eigenvalue weighted by Crippen LogP contribution is -2.42. The molecule has 0 aliphatic carbocycles. The fraction of sp³-hybridized carbons (Fsp3) is 0.387. The number of carbonyl (C=O) groups excluding carboxylic acids is 2. The number of likely N-dealkylation sites (tertiary alicyclic amines) is 1. The maximum Gasteiger partial charge on any atom is 0.324 e. The van der Waals surface area contributed by atoms with Gasteiger partial charge < -0.3 is 15.0 Å². The average molecular weight is 526 g/mol. The van der Waals surface area contributed by atoms with E-state index in [0.29, 0.717) is 29.6 Å². The highest BCUT2D eigenvalue weighted by atomic mass is 16.5. The van der Waals surface area contributed by atoms with Gasteiger partial charge >= 0.3 is 6.03 Å². The molecule has 8 nitrogen and oxygen atoms in total. The van der Waals surface area contributed by atoms with Crippen molar-refractivity contribution >= 4 is 23.4 Å². The molecule has 8 heteroatoms. The van der Waals surface area contributed by atoms with Crippen molar-refractivity contribution in [2.45, 2.75) is 51.9 Å². The molecule has 0 saturated carbocycles. The molecule has 3 aliphatic rings. The van der Waals surface area contributed by atoms with E-state index in [4.69, 9.17) is 4.74 Å². The molecule has 4 heterocycles. The molecule has 2 saturated heterocycles. The van der Waals surface area contributed by atoms with Crippen molar-refractivity contribution in [2.75, 3.05) is 30.3 Å². The zero-order chi connectivity index (χ0) is 27.1. The minimum absolute atomic E-state index is 0.0322. The molecule has 6 rings (SSSR count). The number of aromatic nitrogens is 1. The predicted molar refractivity (Wildman–Crippen MR) is 151 cm³/mol. The Morgan fingerprint density at radius 2 is 1.90 bits per heavy atom. The van der Waals surface area contributed by atoms with Gasteiger partial charge in [-0.2, -0.15) is 0 Å². The van der Waals surface area contributed by atoms with Crippen LogP contribution >= 0.6 is 0 Å². The monoisotopic (exact) mass is 525 g/mol. The molecule has 3 aliphatic heterocycles. The van der Waals surface area contributed by atoms with Crippen LogP contribution in [0.5, 0.6) is 0 Å². The number of hydrogen-bond donors (Lipinski definition) is 2. The van der Waals surface area contributed by atoms with Gasteiger partial charge in [0.1, 0.15) is 5.82 Å². The summed E-state index contributed by atoms with van der Waals surface area (Å²) >= 11 is 0. The first kappa shape index (κ1) is 25.5. The van der Waals surface area contributed by atoms with E-state index in [1.165, 1.54) is 11.1 Å². The van der Waals surface area contributed by atoms with E-state index in [1.807, 2.05) is 29.2 Å². The molecule has 202 valence electrons. The Kier molecular flexibility index (Phi) is 6.61. The third-order valence-corrected chi connectivity index (χ3v) is 8.08. The normalized spacial score (nSPS) is 22.6. The second kappa shape index (κ2) is 10.1. The number of amides is 3. The summed E-state index contributed by atoms with van der Waals surface area (Å²) in [7, 11) is 0. The number of fused-ring (bicyclic) bond motifs is 3. The third-order valence-electron chi connectivity index (χ3n) is 8.08. The first-order valence-corrected chi connectivity index (χ1v) is 13.7. The van der Waals surface area contributed by atoms with Crippen molar-refractivity contribution in [1.82, 2.24) is 14.8 Å². The van der Waals surface area contributed by atoms with Crippen LogP contribution < -0.4 is 10.6 Å². The SMILES string of the molecule is CC(C)(C)[C@H]1COC2c3c(NC(=O)Nc4cc(C5CCN(Cc6ccccc6)C5)ccn4)cccc3C(=O)N21. The van der Waals surface area contributed by atoms with Gasteiger partial charge in [0, 0.05) is 30.4 Å². The molecule has 3 amide bonds. The number of anilines is 2. The molecular weight excluding hydrogens is 490 g/mol. The van der Waals surface area contributed by atoms with Gasteiger partial charge in [-0.3, -0.25) is 15.0 Å². The number of ether oxygens (including phenoxy) is 1. The Labute approximate surface area is 229 Å². The lowest BCUT2D eigenvalue weighted by molar-refractivity contribution is 0.0311. The van der Waals surface area contributed by atoms with Crippen LogP contribution in [-0.2, 0) is 11.3 Å². The van der Waals surface area contributed by atoms with Crippen LogP contribution in [-0.4, -0.2) is 52.5 Å². The summed E-state index contributed by atoms with van der Waals surface area (Å²) < 4.78 is 6.09. The zero-order valence-electron chi connectivity index (χ0n) is 22.7.